The number of carbonyl (C=O) groups excluding carboxylic acids is 2. The van der Waals surface area contributed by atoms with E-state index in [4.69, 9.17) is 4.52 Å². The van der Waals surface area contributed by atoms with Gasteiger partial charge in [-0.2, -0.15) is 0 Å². The van der Waals surface area contributed by atoms with E-state index in [0.717, 1.165) is 5.69 Å². The molecule has 0 spiro atoms. The molecule has 2 aromatic rings. The molecule has 21 heavy (non-hydrogen) atoms. The number of aromatic nitrogens is 4. The Morgan fingerprint density at radius 3 is 2.86 bits per heavy atom. The highest BCUT2D eigenvalue weighted by molar-refractivity contribution is 5.89. The monoisotopic (exact) mass is 293 g/mol. The van der Waals surface area contributed by atoms with E-state index < -0.39 is 5.97 Å². The smallest absolute Gasteiger partial charge is 0.360 e. The fourth-order valence-corrected chi connectivity index (χ4v) is 1.52. The molecule has 0 bridgehead atoms. The molecule has 0 aromatic carbocycles. The van der Waals surface area contributed by atoms with Crippen molar-refractivity contribution in [3.05, 3.63) is 23.7 Å². The molecule has 2 heterocycles. The van der Waals surface area contributed by atoms with Crippen molar-refractivity contribution < 1.29 is 18.8 Å². The van der Waals surface area contributed by atoms with E-state index in [9.17, 15) is 9.59 Å². The Balaban J connectivity index is 1.94. The first kappa shape index (κ1) is 14.7. The fraction of sp³-hybridized carbons (Fsp3) is 0.417. The molecule has 2 aromatic heterocycles. The largest absolute Gasteiger partial charge is 0.464 e. The number of nitrogens with one attached hydrogen (secondary N) is 1. The molecule has 0 atom stereocenters. The van der Waals surface area contributed by atoms with Gasteiger partial charge in [-0.25, -0.2) is 9.48 Å². The first-order valence-electron chi connectivity index (χ1n) is 6.24. The second kappa shape index (κ2) is 6.16. The molecule has 1 N–H and O–H groups in total. The van der Waals surface area contributed by atoms with Crippen molar-refractivity contribution in [3.63, 3.8) is 0 Å². The topological polar surface area (TPSA) is 112 Å². The maximum absolute atomic E-state index is 11.8. The molecule has 2 rings (SSSR count). The van der Waals surface area contributed by atoms with Gasteiger partial charge in [-0.15, -0.1) is 5.10 Å². The van der Waals surface area contributed by atoms with Gasteiger partial charge in [0.25, 0.3) is 0 Å². The van der Waals surface area contributed by atoms with Crippen LogP contribution in [0, 0.1) is 0 Å². The van der Waals surface area contributed by atoms with Crippen molar-refractivity contribution in [2.24, 2.45) is 0 Å². The molecule has 0 fully saturated rings. The van der Waals surface area contributed by atoms with Gasteiger partial charge >= 0.3 is 5.97 Å². The first-order valence-corrected chi connectivity index (χ1v) is 6.24. The van der Waals surface area contributed by atoms with Gasteiger partial charge in [0.15, 0.2) is 5.69 Å². The van der Waals surface area contributed by atoms with Crippen LogP contribution in [0.2, 0.25) is 0 Å². The number of nitrogens with zero attached hydrogens (tertiary/aromatic N) is 4. The Hall–Kier alpha value is -2.71. The van der Waals surface area contributed by atoms with Gasteiger partial charge in [0.05, 0.1) is 19.0 Å². The minimum atomic E-state index is -0.613. The van der Waals surface area contributed by atoms with Gasteiger partial charge in [-0.1, -0.05) is 24.2 Å². The van der Waals surface area contributed by atoms with Crippen molar-refractivity contribution in [1.29, 1.82) is 0 Å². The number of hydrogen-bond acceptors (Lipinski definition) is 7. The van der Waals surface area contributed by atoms with E-state index in [0.29, 0.717) is 0 Å². The van der Waals surface area contributed by atoms with Crippen molar-refractivity contribution in [1.82, 2.24) is 20.2 Å². The summed E-state index contributed by atoms with van der Waals surface area (Å²) in [4.78, 5) is 23.0. The molecule has 0 radical (unpaired) electrons. The molecule has 9 heteroatoms. The van der Waals surface area contributed by atoms with Crippen LogP contribution in [0.15, 0.2) is 16.8 Å². The van der Waals surface area contributed by atoms with E-state index in [1.54, 1.807) is 6.07 Å². The standard InChI is InChI=1S/C12H15N5O4/c1-7(2)8-4-11(21-15-8)13-10(18)6-17-5-9(14-16-17)12(19)20-3/h4-5,7H,6H2,1-3H3,(H,13,18). The Bertz CT molecular complexity index is 646. The van der Waals surface area contributed by atoms with Crippen molar-refractivity contribution in [2.75, 3.05) is 12.4 Å². The van der Waals surface area contributed by atoms with Crippen LogP contribution >= 0.6 is 0 Å². The zero-order chi connectivity index (χ0) is 15.4. The van der Waals surface area contributed by atoms with Gasteiger partial charge < -0.3 is 9.26 Å². The lowest BCUT2D eigenvalue weighted by atomic mass is 10.1. The van der Waals surface area contributed by atoms with E-state index in [2.05, 4.69) is 25.5 Å². The lowest BCUT2D eigenvalue weighted by Crippen LogP contribution is -2.18. The SMILES string of the molecule is COC(=O)c1cn(CC(=O)Nc2cc(C(C)C)no2)nn1. The number of rotatable bonds is 5. The zero-order valence-corrected chi connectivity index (χ0v) is 11.9. The van der Waals surface area contributed by atoms with Crippen LogP contribution in [0.25, 0.3) is 0 Å². The summed E-state index contributed by atoms with van der Waals surface area (Å²) in [5.41, 5.74) is 0.783. The van der Waals surface area contributed by atoms with E-state index >= 15 is 0 Å². The van der Waals surface area contributed by atoms with Gasteiger partial charge in [-0.05, 0) is 5.92 Å². The van der Waals surface area contributed by atoms with Crippen LogP contribution in [0.4, 0.5) is 5.88 Å². The lowest BCUT2D eigenvalue weighted by Gasteiger charge is -2.00. The lowest BCUT2D eigenvalue weighted by molar-refractivity contribution is -0.117. The molecular formula is C12H15N5O4. The van der Waals surface area contributed by atoms with Gasteiger partial charge in [-0.3, -0.25) is 10.1 Å². The van der Waals surface area contributed by atoms with Crippen LogP contribution < -0.4 is 5.32 Å². The highest BCUT2D eigenvalue weighted by Crippen LogP contribution is 2.17. The van der Waals surface area contributed by atoms with E-state index in [-0.39, 0.29) is 29.9 Å². The second-order valence-electron chi connectivity index (χ2n) is 4.61. The number of methoxy groups -OCH3 is 1. The average molecular weight is 293 g/mol. The third-order valence-corrected chi connectivity index (χ3v) is 2.62. The number of amides is 1. The van der Waals surface area contributed by atoms with Crippen molar-refractivity contribution in [3.8, 4) is 0 Å². The fourth-order valence-electron chi connectivity index (χ4n) is 1.52. The third-order valence-electron chi connectivity index (χ3n) is 2.62. The van der Waals surface area contributed by atoms with Crippen LogP contribution in [0.5, 0.6) is 0 Å². The molecular weight excluding hydrogens is 278 g/mol. The molecule has 0 aliphatic rings. The highest BCUT2D eigenvalue weighted by atomic mass is 16.5. The number of anilines is 1. The number of carbonyl (C=O) groups is 2. The minimum absolute atomic E-state index is 0.0343. The summed E-state index contributed by atoms with van der Waals surface area (Å²) in [6.45, 7) is 3.82. The number of hydrogen-bond donors (Lipinski definition) is 1. The van der Waals surface area contributed by atoms with Gasteiger partial charge in [0.2, 0.25) is 11.8 Å². The van der Waals surface area contributed by atoms with Crippen LogP contribution in [-0.2, 0) is 16.1 Å². The predicted molar refractivity (Wildman–Crippen MR) is 70.6 cm³/mol. The quantitative estimate of drug-likeness (QED) is 0.812. The summed E-state index contributed by atoms with van der Waals surface area (Å²) in [5.74, 6) is -0.518. The van der Waals surface area contributed by atoms with E-state index in [1.807, 2.05) is 13.8 Å². The molecule has 1 amide bonds. The van der Waals surface area contributed by atoms with Crippen molar-refractivity contribution in [2.45, 2.75) is 26.3 Å². The van der Waals surface area contributed by atoms with Crippen LogP contribution in [0.1, 0.15) is 35.9 Å². The Kier molecular flexibility index (Phi) is 4.31. The summed E-state index contributed by atoms with van der Waals surface area (Å²) < 4.78 is 10.7. The summed E-state index contributed by atoms with van der Waals surface area (Å²) in [5, 5.41) is 13.6. The Labute approximate surface area is 120 Å². The summed E-state index contributed by atoms with van der Waals surface area (Å²) in [6, 6.07) is 1.66. The maximum atomic E-state index is 11.8. The number of ether oxygens (including phenoxy) is 1. The highest BCUT2D eigenvalue weighted by Gasteiger charge is 2.14. The minimum Gasteiger partial charge on any atom is -0.464 e. The molecule has 0 aliphatic carbocycles. The van der Waals surface area contributed by atoms with Gasteiger partial charge in [0, 0.05) is 6.07 Å². The number of esters is 1. The first-order chi connectivity index (χ1) is 9.99. The van der Waals surface area contributed by atoms with Gasteiger partial charge in [0.1, 0.15) is 6.54 Å². The summed E-state index contributed by atoms with van der Waals surface area (Å²) >= 11 is 0. The second-order valence-corrected chi connectivity index (χ2v) is 4.61. The molecule has 0 unspecified atom stereocenters. The van der Waals surface area contributed by atoms with Crippen LogP contribution in [-0.4, -0.2) is 39.1 Å². The molecule has 0 aliphatic heterocycles. The molecule has 112 valence electrons. The molecule has 9 nitrogen and oxygen atoms in total. The summed E-state index contributed by atoms with van der Waals surface area (Å²) in [7, 11) is 1.24. The third kappa shape index (κ3) is 3.65. The summed E-state index contributed by atoms with van der Waals surface area (Å²) in [6.07, 6.45) is 1.32. The Morgan fingerprint density at radius 1 is 1.48 bits per heavy atom. The predicted octanol–water partition coefficient (Wildman–Crippen LogP) is 0.815. The maximum Gasteiger partial charge on any atom is 0.360 e. The van der Waals surface area contributed by atoms with Crippen molar-refractivity contribution >= 4 is 17.8 Å². The van der Waals surface area contributed by atoms with E-state index in [1.165, 1.54) is 18.0 Å². The normalized spacial score (nSPS) is 10.7. The zero-order valence-electron chi connectivity index (χ0n) is 11.9. The average Bonchev–Trinajstić information content (AvgIpc) is 3.07. The Morgan fingerprint density at radius 2 is 2.24 bits per heavy atom. The molecule has 0 saturated carbocycles. The van der Waals surface area contributed by atoms with Crippen LogP contribution in [0.3, 0.4) is 0 Å². The molecule has 0 saturated heterocycles.